The number of amides is 2. The lowest BCUT2D eigenvalue weighted by Crippen LogP contribution is -2.60. The largest absolute Gasteiger partial charge is 0.368 e. The highest BCUT2D eigenvalue weighted by atomic mass is 16.5. The molecule has 0 bridgehead atoms. The average molecular weight is 268 g/mol. The smallest absolute Gasteiger partial charge is 0.248 e. The van der Waals surface area contributed by atoms with Crippen LogP contribution in [0.25, 0.3) is 0 Å². The van der Waals surface area contributed by atoms with Crippen molar-refractivity contribution in [2.75, 3.05) is 46.5 Å². The highest BCUT2D eigenvalue weighted by molar-refractivity contribution is 5.81. The fourth-order valence-electron chi connectivity index (χ4n) is 2.81. The van der Waals surface area contributed by atoms with Gasteiger partial charge >= 0.3 is 0 Å². The summed E-state index contributed by atoms with van der Waals surface area (Å²) in [7, 11) is 1.75. The van der Waals surface area contributed by atoms with E-state index in [1.54, 1.807) is 11.9 Å². The maximum atomic E-state index is 12.2. The maximum Gasteiger partial charge on any atom is 0.248 e. The highest BCUT2D eigenvalue weighted by Crippen LogP contribution is 2.33. The molecule has 2 heterocycles. The summed E-state index contributed by atoms with van der Waals surface area (Å²) in [6, 6.07) is 0. The summed E-state index contributed by atoms with van der Waals surface area (Å²) in [5.74, 6) is 0.424. The Hall–Kier alpha value is -1.14. The lowest BCUT2D eigenvalue weighted by Gasteiger charge is -2.42. The number of morpholine rings is 1. The third-order valence-corrected chi connectivity index (χ3v) is 4.03. The Kier molecular flexibility index (Phi) is 3.22. The fraction of sp³-hybridized carbons (Fsp3) is 0.846. The molecule has 0 aromatic rings. The van der Waals surface area contributed by atoms with Crippen LogP contribution in [0.1, 0.15) is 12.8 Å². The quantitative estimate of drug-likeness (QED) is 0.642. The molecule has 1 unspecified atom stereocenters. The van der Waals surface area contributed by atoms with Crippen LogP contribution < -0.4 is 0 Å². The number of rotatable bonds is 1. The zero-order valence-corrected chi connectivity index (χ0v) is 11.3. The predicted molar refractivity (Wildman–Crippen MR) is 66.4 cm³/mol. The number of ether oxygens (including phenoxy) is 2. The van der Waals surface area contributed by atoms with Gasteiger partial charge in [0.25, 0.3) is 0 Å². The van der Waals surface area contributed by atoms with Crippen LogP contribution >= 0.6 is 0 Å². The molecule has 1 atom stereocenters. The van der Waals surface area contributed by atoms with Crippen LogP contribution in [0.3, 0.4) is 0 Å². The van der Waals surface area contributed by atoms with Gasteiger partial charge in [0.15, 0.2) is 0 Å². The van der Waals surface area contributed by atoms with E-state index in [2.05, 4.69) is 0 Å². The van der Waals surface area contributed by atoms with Gasteiger partial charge in [0, 0.05) is 19.5 Å². The molecule has 2 saturated heterocycles. The Morgan fingerprint density at radius 1 is 1.37 bits per heavy atom. The summed E-state index contributed by atoms with van der Waals surface area (Å²) in [5.41, 5.74) is -0.552. The van der Waals surface area contributed by atoms with E-state index in [9.17, 15) is 9.59 Å². The third-order valence-electron chi connectivity index (χ3n) is 4.03. The van der Waals surface area contributed by atoms with E-state index in [0.717, 1.165) is 12.8 Å². The Labute approximate surface area is 112 Å². The van der Waals surface area contributed by atoms with Crippen molar-refractivity contribution in [2.45, 2.75) is 18.4 Å². The summed E-state index contributed by atoms with van der Waals surface area (Å²) < 4.78 is 11.3. The minimum absolute atomic E-state index is 0.0360. The molecule has 19 heavy (non-hydrogen) atoms. The van der Waals surface area contributed by atoms with Crippen molar-refractivity contribution in [2.24, 2.45) is 5.92 Å². The topological polar surface area (TPSA) is 59.1 Å². The molecule has 0 N–H and O–H groups in total. The molecule has 1 aliphatic carbocycles. The number of likely N-dealkylation sites (N-methyl/N-ethyl adjacent to an activating group) is 1. The summed E-state index contributed by atoms with van der Waals surface area (Å²) in [6.45, 7) is 2.65. The Morgan fingerprint density at radius 2 is 2.16 bits per heavy atom. The lowest BCUT2D eigenvalue weighted by molar-refractivity contribution is -0.162. The van der Waals surface area contributed by atoms with Crippen LogP contribution in [0.4, 0.5) is 0 Å². The molecule has 0 aromatic carbocycles. The van der Waals surface area contributed by atoms with Crippen molar-refractivity contribution in [1.82, 2.24) is 9.80 Å². The predicted octanol–water partition coefficient (Wildman–Crippen LogP) is -0.517. The normalized spacial score (nSPS) is 32.6. The first-order valence-electron chi connectivity index (χ1n) is 6.84. The average Bonchev–Trinajstić information content (AvgIpc) is 3.21. The summed E-state index contributed by atoms with van der Waals surface area (Å²) in [5, 5.41) is 0. The minimum Gasteiger partial charge on any atom is -0.368 e. The van der Waals surface area contributed by atoms with Crippen molar-refractivity contribution in [3.8, 4) is 0 Å². The van der Waals surface area contributed by atoms with Gasteiger partial charge in [0.05, 0.1) is 26.3 Å². The number of nitrogens with zero attached hydrogens (tertiary/aromatic N) is 2. The van der Waals surface area contributed by atoms with Gasteiger partial charge in [-0.15, -0.1) is 0 Å². The van der Waals surface area contributed by atoms with Crippen molar-refractivity contribution < 1.29 is 19.1 Å². The van der Waals surface area contributed by atoms with E-state index in [-0.39, 0.29) is 24.3 Å². The van der Waals surface area contributed by atoms with Crippen LogP contribution in [0.2, 0.25) is 0 Å². The zero-order chi connectivity index (χ0) is 13.5. The monoisotopic (exact) mass is 268 g/mol. The van der Waals surface area contributed by atoms with Crippen LogP contribution in [-0.2, 0) is 19.1 Å². The highest BCUT2D eigenvalue weighted by Gasteiger charge is 2.44. The van der Waals surface area contributed by atoms with Gasteiger partial charge in [-0.1, -0.05) is 0 Å². The van der Waals surface area contributed by atoms with Crippen molar-refractivity contribution in [3.05, 3.63) is 0 Å². The van der Waals surface area contributed by atoms with Crippen LogP contribution in [-0.4, -0.2) is 73.7 Å². The molecule has 2 aliphatic heterocycles. The third kappa shape index (κ3) is 2.60. The molecule has 3 fully saturated rings. The molecule has 1 saturated carbocycles. The van der Waals surface area contributed by atoms with Crippen molar-refractivity contribution in [3.63, 3.8) is 0 Å². The number of carbonyl (C=O) groups excluding carboxylic acids is 2. The van der Waals surface area contributed by atoms with Gasteiger partial charge in [0.1, 0.15) is 12.2 Å². The molecule has 3 rings (SSSR count). The Bertz CT molecular complexity index is 396. The van der Waals surface area contributed by atoms with Crippen LogP contribution in [0.5, 0.6) is 0 Å². The van der Waals surface area contributed by atoms with Gasteiger partial charge in [0.2, 0.25) is 11.8 Å². The molecule has 2 amide bonds. The summed E-state index contributed by atoms with van der Waals surface area (Å²) >= 11 is 0. The number of carbonyl (C=O) groups is 2. The van der Waals surface area contributed by atoms with Gasteiger partial charge in [-0.3, -0.25) is 9.59 Å². The zero-order valence-electron chi connectivity index (χ0n) is 11.3. The second-order valence-corrected chi connectivity index (χ2v) is 5.81. The molecule has 6 nitrogen and oxygen atoms in total. The van der Waals surface area contributed by atoms with E-state index in [0.29, 0.717) is 32.8 Å². The van der Waals surface area contributed by atoms with Crippen LogP contribution in [0.15, 0.2) is 0 Å². The first kappa shape index (κ1) is 12.9. The Balaban J connectivity index is 1.71. The van der Waals surface area contributed by atoms with Gasteiger partial charge in [-0.25, -0.2) is 0 Å². The number of hydrogen-bond acceptors (Lipinski definition) is 4. The molecule has 3 aliphatic rings. The standard InChI is InChI=1S/C13H20N2O4/c1-14-7-13(9-18-6-11(14)16)8-15(4-5-19-13)12(17)10-2-3-10/h10H,2-9H2,1H3. The second kappa shape index (κ2) is 4.76. The minimum atomic E-state index is -0.552. The molecular weight excluding hydrogens is 248 g/mol. The summed E-state index contributed by atoms with van der Waals surface area (Å²) in [6.07, 6.45) is 2.02. The van der Waals surface area contributed by atoms with Crippen LogP contribution in [0, 0.1) is 5.92 Å². The fourth-order valence-corrected chi connectivity index (χ4v) is 2.81. The van der Waals surface area contributed by atoms with E-state index in [1.165, 1.54) is 0 Å². The molecule has 0 radical (unpaired) electrons. The maximum absolute atomic E-state index is 12.2. The SMILES string of the molecule is CN1CC2(COCC1=O)CN(C(=O)C1CC1)CCO2. The second-order valence-electron chi connectivity index (χ2n) is 5.81. The summed E-state index contributed by atoms with van der Waals surface area (Å²) in [4.78, 5) is 27.3. The van der Waals surface area contributed by atoms with E-state index in [1.807, 2.05) is 4.90 Å². The van der Waals surface area contributed by atoms with Crippen molar-refractivity contribution in [1.29, 1.82) is 0 Å². The lowest BCUT2D eigenvalue weighted by atomic mass is 10.0. The van der Waals surface area contributed by atoms with Gasteiger partial charge in [-0.05, 0) is 12.8 Å². The molecular formula is C13H20N2O4. The van der Waals surface area contributed by atoms with E-state index >= 15 is 0 Å². The molecule has 1 spiro atoms. The molecule has 0 aromatic heterocycles. The van der Waals surface area contributed by atoms with Gasteiger partial charge < -0.3 is 19.3 Å². The van der Waals surface area contributed by atoms with Gasteiger partial charge in [-0.2, -0.15) is 0 Å². The molecule has 6 heteroatoms. The Morgan fingerprint density at radius 3 is 2.89 bits per heavy atom. The van der Waals surface area contributed by atoms with E-state index in [4.69, 9.17) is 9.47 Å². The van der Waals surface area contributed by atoms with E-state index < -0.39 is 5.60 Å². The first-order valence-corrected chi connectivity index (χ1v) is 6.84. The van der Waals surface area contributed by atoms with Crippen molar-refractivity contribution >= 4 is 11.8 Å². The first-order chi connectivity index (χ1) is 9.10. The number of hydrogen-bond donors (Lipinski definition) is 0. The molecule has 106 valence electrons.